The molecule has 21 heavy (non-hydrogen) atoms. The van der Waals surface area contributed by atoms with Crippen molar-refractivity contribution >= 4 is 21.9 Å². The number of aromatic amines is 1. The van der Waals surface area contributed by atoms with Crippen molar-refractivity contribution in [1.82, 2.24) is 10.2 Å². The van der Waals surface area contributed by atoms with Crippen molar-refractivity contribution in [2.45, 2.75) is 19.8 Å². The second-order valence-corrected chi connectivity index (χ2v) is 5.87. The Balaban J connectivity index is 2.21. The van der Waals surface area contributed by atoms with Gasteiger partial charge in [0, 0.05) is 11.1 Å². The lowest BCUT2D eigenvalue weighted by atomic mass is 9.93. The van der Waals surface area contributed by atoms with Crippen LogP contribution < -0.4 is 9.47 Å². The van der Waals surface area contributed by atoms with Crippen LogP contribution in [0.5, 0.6) is 11.5 Å². The van der Waals surface area contributed by atoms with E-state index in [1.165, 1.54) is 6.07 Å². The summed E-state index contributed by atoms with van der Waals surface area (Å²) in [6.45, 7) is 4.26. The molecule has 0 aliphatic carbocycles. The van der Waals surface area contributed by atoms with Gasteiger partial charge in [-0.1, -0.05) is 13.8 Å². The first kappa shape index (κ1) is 13.9. The van der Waals surface area contributed by atoms with Gasteiger partial charge in [0.1, 0.15) is 5.69 Å². The van der Waals surface area contributed by atoms with Gasteiger partial charge in [-0.15, -0.1) is 0 Å². The summed E-state index contributed by atoms with van der Waals surface area (Å²) in [6.07, 6.45) is 0. The third-order valence-corrected chi connectivity index (χ3v) is 3.89. The number of hydrogen-bond acceptors (Lipinski definition) is 4. The Morgan fingerprint density at radius 1 is 1.38 bits per heavy atom. The molecular formula is C14H13BrN2O4. The Labute approximate surface area is 129 Å². The van der Waals surface area contributed by atoms with Gasteiger partial charge in [-0.05, 0) is 34.0 Å². The zero-order valence-corrected chi connectivity index (χ0v) is 13.0. The quantitative estimate of drug-likeness (QED) is 0.884. The van der Waals surface area contributed by atoms with Gasteiger partial charge in [0.25, 0.3) is 0 Å². The third kappa shape index (κ3) is 2.27. The van der Waals surface area contributed by atoms with Crippen LogP contribution in [0.1, 0.15) is 35.8 Å². The Morgan fingerprint density at radius 2 is 2.10 bits per heavy atom. The summed E-state index contributed by atoms with van der Waals surface area (Å²) >= 11 is 3.46. The summed E-state index contributed by atoms with van der Waals surface area (Å²) in [5.74, 6) is 0.499. The molecule has 1 aromatic carbocycles. The summed E-state index contributed by atoms with van der Waals surface area (Å²) in [7, 11) is 0. The van der Waals surface area contributed by atoms with Gasteiger partial charge >= 0.3 is 5.97 Å². The van der Waals surface area contributed by atoms with E-state index in [-0.39, 0.29) is 18.4 Å². The zero-order chi connectivity index (χ0) is 15.1. The van der Waals surface area contributed by atoms with Gasteiger partial charge < -0.3 is 14.6 Å². The number of H-pyrrole nitrogens is 1. The fourth-order valence-electron chi connectivity index (χ4n) is 2.40. The molecule has 0 amide bonds. The van der Waals surface area contributed by atoms with Crippen molar-refractivity contribution in [1.29, 1.82) is 0 Å². The van der Waals surface area contributed by atoms with E-state index in [0.717, 1.165) is 15.6 Å². The van der Waals surface area contributed by atoms with E-state index < -0.39 is 5.97 Å². The second kappa shape index (κ2) is 5.07. The highest BCUT2D eigenvalue weighted by molar-refractivity contribution is 9.10. The normalized spacial score (nSPS) is 13.0. The molecule has 110 valence electrons. The molecule has 0 saturated heterocycles. The Bertz CT molecular complexity index is 724. The zero-order valence-electron chi connectivity index (χ0n) is 11.4. The highest BCUT2D eigenvalue weighted by atomic mass is 79.9. The van der Waals surface area contributed by atoms with Crippen LogP contribution >= 0.6 is 15.9 Å². The molecule has 0 bridgehead atoms. The number of nitrogens with one attached hydrogen (secondary N) is 1. The first-order valence-electron chi connectivity index (χ1n) is 6.40. The van der Waals surface area contributed by atoms with Crippen LogP contribution in [0, 0.1) is 0 Å². The highest BCUT2D eigenvalue weighted by Gasteiger charge is 2.27. The molecular weight excluding hydrogens is 340 g/mol. The molecule has 2 aromatic rings. The fourth-order valence-corrected chi connectivity index (χ4v) is 2.93. The number of aromatic nitrogens is 2. The van der Waals surface area contributed by atoms with Crippen LogP contribution in [-0.2, 0) is 0 Å². The Kier molecular flexibility index (Phi) is 3.36. The number of rotatable bonds is 3. The van der Waals surface area contributed by atoms with Crippen molar-refractivity contribution in [2.24, 2.45) is 0 Å². The summed E-state index contributed by atoms with van der Waals surface area (Å²) < 4.78 is 11.8. The number of hydrogen-bond donors (Lipinski definition) is 2. The Morgan fingerprint density at radius 3 is 2.71 bits per heavy atom. The maximum Gasteiger partial charge on any atom is 0.353 e. The topological polar surface area (TPSA) is 84.4 Å². The lowest BCUT2D eigenvalue weighted by molar-refractivity contribution is 0.0690. The van der Waals surface area contributed by atoms with E-state index in [2.05, 4.69) is 26.1 Å². The molecule has 2 heterocycles. The van der Waals surface area contributed by atoms with E-state index in [4.69, 9.17) is 14.6 Å². The summed E-state index contributed by atoms with van der Waals surface area (Å²) in [5, 5.41) is 15.6. The van der Waals surface area contributed by atoms with Crippen LogP contribution in [0.3, 0.4) is 0 Å². The SMILES string of the molecule is CC(C)c1c(-c2cc(C(=O)O)[nH]n2)cc(Br)c2c1OCO2. The van der Waals surface area contributed by atoms with Crippen molar-refractivity contribution < 1.29 is 19.4 Å². The predicted octanol–water partition coefficient (Wildman–Crippen LogP) is 3.39. The lowest BCUT2D eigenvalue weighted by Crippen LogP contribution is -1.98. The third-order valence-electron chi connectivity index (χ3n) is 3.30. The number of carboxylic acids is 1. The molecule has 1 aliphatic heterocycles. The smallest absolute Gasteiger partial charge is 0.353 e. The van der Waals surface area contributed by atoms with Crippen LogP contribution in [0.2, 0.25) is 0 Å². The minimum Gasteiger partial charge on any atom is -0.477 e. The van der Waals surface area contributed by atoms with Crippen molar-refractivity contribution in [3.63, 3.8) is 0 Å². The average molecular weight is 353 g/mol. The van der Waals surface area contributed by atoms with Gasteiger partial charge in [-0.25, -0.2) is 4.79 Å². The molecule has 3 rings (SSSR count). The second-order valence-electron chi connectivity index (χ2n) is 5.01. The van der Waals surface area contributed by atoms with Crippen molar-refractivity contribution in [3.8, 4) is 22.8 Å². The maximum absolute atomic E-state index is 11.0. The summed E-state index contributed by atoms with van der Waals surface area (Å²) in [6, 6.07) is 3.39. The monoisotopic (exact) mass is 352 g/mol. The minimum absolute atomic E-state index is 0.0495. The molecule has 6 nitrogen and oxygen atoms in total. The molecule has 0 radical (unpaired) electrons. The lowest BCUT2D eigenvalue weighted by Gasteiger charge is -2.15. The predicted molar refractivity (Wildman–Crippen MR) is 78.9 cm³/mol. The maximum atomic E-state index is 11.0. The fraction of sp³-hybridized carbons (Fsp3) is 0.286. The summed E-state index contributed by atoms with van der Waals surface area (Å²) in [5.41, 5.74) is 2.39. The van der Waals surface area contributed by atoms with E-state index >= 15 is 0 Å². The first-order valence-corrected chi connectivity index (χ1v) is 7.19. The van der Waals surface area contributed by atoms with Crippen LogP contribution in [0.15, 0.2) is 16.6 Å². The standard InChI is InChI=1S/C14H13BrN2O4/c1-6(2)11-7(9-4-10(14(18)19)17-16-9)3-8(15)12-13(11)21-5-20-12/h3-4,6H,5H2,1-2H3,(H,16,17)(H,18,19). The Hall–Kier alpha value is -2.02. The molecule has 0 saturated carbocycles. The van der Waals surface area contributed by atoms with E-state index in [1.807, 2.05) is 19.9 Å². The van der Waals surface area contributed by atoms with Gasteiger partial charge in [0.05, 0.1) is 10.2 Å². The minimum atomic E-state index is -1.04. The van der Waals surface area contributed by atoms with E-state index in [1.54, 1.807) is 0 Å². The average Bonchev–Trinajstić information content (AvgIpc) is 3.07. The number of ether oxygens (including phenoxy) is 2. The largest absolute Gasteiger partial charge is 0.477 e. The van der Waals surface area contributed by atoms with Crippen LogP contribution in [0.25, 0.3) is 11.3 Å². The first-order chi connectivity index (χ1) is 9.99. The van der Waals surface area contributed by atoms with Crippen LogP contribution in [-0.4, -0.2) is 28.1 Å². The number of carboxylic acid groups (broad SMARTS) is 1. The number of halogens is 1. The molecule has 7 heteroatoms. The highest BCUT2D eigenvalue weighted by Crippen LogP contribution is 2.48. The van der Waals surface area contributed by atoms with Crippen molar-refractivity contribution in [3.05, 3.63) is 27.9 Å². The van der Waals surface area contributed by atoms with E-state index in [9.17, 15) is 4.79 Å². The molecule has 1 aromatic heterocycles. The number of aromatic carboxylic acids is 1. The van der Waals surface area contributed by atoms with E-state index in [0.29, 0.717) is 17.2 Å². The number of nitrogens with zero attached hydrogens (tertiary/aromatic N) is 1. The molecule has 0 fully saturated rings. The van der Waals surface area contributed by atoms with Gasteiger partial charge in [0.2, 0.25) is 6.79 Å². The molecule has 0 spiro atoms. The van der Waals surface area contributed by atoms with Crippen LogP contribution in [0.4, 0.5) is 0 Å². The molecule has 1 aliphatic rings. The summed E-state index contributed by atoms with van der Waals surface area (Å²) in [4.78, 5) is 11.0. The number of benzene rings is 1. The van der Waals surface area contributed by atoms with Gasteiger partial charge in [-0.3, -0.25) is 5.10 Å². The van der Waals surface area contributed by atoms with Crippen molar-refractivity contribution in [2.75, 3.05) is 6.79 Å². The molecule has 2 N–H and O–H groups in total. The van der Waals surface area contributed by atoms with Gasteiger partial charge in [-0.2, -0.15) is 5.10 Å². The number of fused-ring (bicyclic) bond motifs is 1. The molecule has 0 atom stereocenters. The van der Waals surface area contributed by atoms with Gasteiger partial charge in [0.15, 0.2) is 11.5 Å². The number of carbonyl (C=O) groups is 1. The molecule has 0 unspecified atom stereocenters.